The minimum Gasteiger partial charge on any atom is -0.504 e. The highest BCUT2D eigenvalue weighted by molar-refractivity contribution is 5.51. The molecule has 2 unspecified atom stereocenters. The molecule has 1 aliphatic rings. The van der Waals surface area contributed by atoms with Gasteiger partial charge in [0.2, 0.25) is 0 Å². The van der Waals surface area contributed by atoms with Crippen molar-refractivity contribution in [3.05, 3.63) is 23.3 Å². The number of aromatic hydroxyl groups is 2. The maximum Gasteiger partial charge on any atom is 0.161 e. The summed E-state index contributed by atoms with van der Waals surface area (Å²) >= 11 is 0. The van der Waals surface area contributed by atoms with E-state index in [4.69, 9.17) is 10.5 Å². The summed E-state index contributed by atoms with van der Waals surface area (Å²) in [4.78, 5) is 0. The van der Waals surface area contributed by atoms with Crippen molar-refractivity contribution in [3.63, 3.8) is 0 Å². The number of ether oxygens (including phenoxy) is 1. The minimum absolute atomic E-state index is 0.0239. The van der Waals surface area contributed by atoms with Gasteiger partial charge in [-0.05, 0) is 11.6 Å². The number of hydrogen-bond donors (Lipinski definition) is 4. The van der Waals surface area contributed by atoms with Gasteiger partial charge in [-0.2, -0.15) is 0 Å². The van der Waals surface area contributed by atoms with Gasteiger partial charge in [0.05, 0.1) is 18.8 Å². The molecule has 0 fully saturated rings. The monoisotopic (exact) mass is 267 g/mol. The zero-order valence-corrected chi connectivity index (χ0v) is 11.3. The molecule has 19 heavy (non-hydrogen) atoms. The molecule has 0 spiro atoms. The maximum atomic E-state index is 10.0. The summed E-state index contributed by atoms with van der Waals surface area (Å²) in [5, 5.41) is 29.1. The Morgan fingerprint density at radius 2 is 2.05 bits per heavy atom. The van der Waals surface area contributed by atoms with E-state index in [1.165, 1.54) is 6.07 Å². The molecular formula is C14H21NO4. The van der Waals surface area contributed by atoms with E-state index < -0.39 is 5.41 Å². The number of phenolic OH excluding ortho intramolecular Hbond substituents is 2. The molecule has 0 amide bonds. The van der Waals surface area contributed by atoms with Crippen molar-refractivity contribution in [1.29, 1.82) is 0 Å². The molecule has 1 aliphatic heterocycles. The van der Waals surface area contributed by atoms with Crippen LogP contribution < -0.4 is 5.73 Å². The molecule has 106 valence electrons. The molecule has 5 N–H and O–H groups in total. The topological polar surface area (TPSA) is 95.9 Å². The quantitative estimate of drug-likeness (QED) is 0.614. The van der Waals surface area contributed by atoms with Gasteiger partial charge in [-0.15, -0.1) is 0 Å². The predicted octanol–water partition coefficient (Wildman–Crippen LogP) is 1.06. The van der Waals surface area contributed by atoms with Gasteiger partial charge in [0, 0.05) is 23.9 Å². The Morgan fingerprint density at radius 3 is 2.63 bits per heavy atom. The van der Waals surface area contributed by atoms with E-state index in [9.17, 15) is 15.3 Å². The molecule has 5 heteroatoms. The highest BCUT2D eigenvalue weighted by Crippen LogP contribution is 2.43. The molecule has 1 heterocycles. The molecule has 0 bridgehead atoms. The molecule has 2 atom stereocenters. The first-order chi connectivity index (χ1) is 8.90. The highest BCUT2D eigenvalue weighted by Gasteiger charge is 2.38. The van der Waals surface area contributed by atoms with Crippen LogP contribution in [0.3, 0.4) is 0 Å². The fraction of sp³-hybridized carbons (Fsp3) is 0.571. The van der Waals surface area contributed by atoms with Crippen molar-refractivity contribution >= 4 is 0 Å². The van der Waals surface area contributed by atoms with Gasteiger partial charge in [0.25, 0.3) is 0 Å². The van der Waals surface area contributed by atoms with Crippen molar-refractivity contribution in [2.24, 2.45) is 11.1 Å². The van der Waals surface area contributed by atoms with E-state index in [0.29, 0.717) is 12.0 Å². The average Bonchev–Trinajstić information content (AvgIpc) is 2.41. The van der Waals surface area contributed by atoms with Gasteiger partial charge in [-0.1, -0.05) is 19.9 Å². The Balaban J connectivity index is 2.44. The van der Waals surface area contributed by atoms with Crippen LogP contribution in [0.1, 0.15) is 31.1 Å². The molecule has 0 radical (unpaired) electrons. The van der Waals surface area contributed by atoms with E-state index >= 15 is 0 Å². The summed E-state index contributed by atoms with van der Waals surface area (Å²) in [6.45, 7) is 4.06. The normalized spacial score (nSPS) is 23.2. The summed E-state index contributed by atoms with van der Waals surface area (Å²) < 4.78 is 5.93. The largest absolute Gasteiger partial charge is 0.504 e. The molecule has 1 aromatic carbocycles. The van der Waals surface area contributed by atoms with Crippen LogP contribution in [-0.2, 0) is 11.2 Å². The molecule has 0 aliphatic carbocycles. The van der Waals surface area contributed by atoms with Crippen LogP contribution in [0.15, 0.2) is 12.1 Å². The molecule has 2 rings (SSSR count). The Bertz CT molecular complexity index is 473. The second kappa shape index (κ2) is 5.00. The SMILES string of the molecule is CC(C)(CO)C1Cc2c(ccc(O)c2O)C(CN)O1. The van der Waals surface area contributed by atoms with Gasteiger partial charge in [-0.3, -0.25) is 0 Å². The third kappa shape index (κ3) is 2.41. The molecular weight excluding hydrogens is 246 g/mol. The summed E-state index contributed by atoms with van der Waals surface area (Å²) in [5.41, 5.74) is 6.75. The average molecular weight is 267 g/mol. The fourth-order valence-electron chi connectivity index (χ4n) is 2.41. The Labute approximate surface area is 112 Å². The van der Waals surface area contributed by atoms with E-state index in [0.717, 1.165) is 5.56 Å². The van der Waals surface area contributed by atoms with Crippen molar-refractivity contribution < 1.29 is 20.1 Å². The van der Waals surface area contributed by atoms with Crippen molar-refractivity contribution in [2.75, 3.05) is 13.2 Å². The maximum absolute atomic E-state index is 10.0. The van der Waals surface area contributed by atoms with Crippen LogP contribution in [-0.4, -0.2) is 34.6 Å². The fourth-order valence-corrected chi connectivity index (χ4v) is 2.41. The molecule has 0 saturated carbocycles. The van der Waals surface area contributed by atoms with E-state index in [2.05, 4.69) is 0 Å². The van der Waals surface area contributed by atoms with Crippen molar-refractivity contribution in [1.82, 2.24) is 0 Å². The lowest BCUT2D eigenvalue weighted by atomic mass is 9.80. The van der Waals surface area contributed by atoms with Crippen LogP contribution in [0.2, 0.25) is 0 Å². The zero-order valence-electron chi connectivity index (χ0n) is 11.3. The van der Waals surface area contributed by atoms with Crippen molar-refractivity contribution in [2.45, 2.75) is 32.5 Å². The predicted molar refractivity (Wildman–Crippen MR) is 71.0 cm³/mol. The van der Waals surface area contributed by atoms with E-state index in [1.807, 2.05) is 13.8 Å². The first-order valence-corrected chi connectivity index (χ1v) is 6.40. The van der Waals surface area contributed by atoms with E-state index in [1.54, 1.807) is 6.07 Å². The Kier molecular flexibility index (Phi) is 3.71. The summed E-state index contributed by atoms with van der Waals surface area (Å²) in [5.74, 6) is -0.255. The van der Waals surface area contributed by atoms with E-state index in [-0.39, 0.29) is 36.9 Å². The second-order valence-corrected chi connectivity index (χ2v) is 5.70. The minimum atomic E-state index is -0.441. The lowest BCUT2D eigenvalue weighted by molar-refractivity contribution is -0.0953. The molecule has 0 aromatic heterocycles. The first-order valence-electron chi connectivity index (χ1n) is 6.40. The first kappa shape index (κ1) is 14.1. The van der Waals surface area contributed by atoms with Crippen LogP contribution >= 0.6 is 0 Å². The number of nitrogens with two attached hydrogens (primary N) is 1. The lowest BCUT2D eigenvalue weighted by Gasteiger charge is -2.40. The van der Waals surface area contributed by atoms with Crippen LogP contribution in [0, 0.1) is 5.41 Å². The number of rotatable bonds is 3. The van der Waals surface area contributed by atoms with Gasteiger partial charge in [-0.25, -0.2) is 0 Å². The van der Waals surface area contributed by atoms with Gasteiger partial charge in [0.1, 0.15) is 0 Å². The molecule has 0 saturated heterocycles. The Morgan fingerprint density at radius 1 is 1.37 bits per heavy atom. The second-order valence-electron chi connectivity index (χ2n) is 5.70. The summed E-state index contributed by atoms with van der Waals surface area (Å²) in [6.07, 6.45) is -0.142. The Hall–Kier alpha value is -1.30. The number of phenols is 2. The third-order valence-corrected chi connectivity index (χ3v) is 3.86. The lowest BCUT2D eigenvalue weighted by Crippen LogP contribution is -2.42. The van der Waals surface area contributed by atoms with Gasteiger partial charge in [0.15, 0.2) is 11.5 Å². The summed E-state index contributed by atoms with van der Waals surface area (Å²) in [6, 6.07) is 3.17. The van der Waals surface area contributed by atoms with Gasteiger partial charge < -0.3 is 25.8 Å². The third-order valence-electron chi connectivity index (χ3n) is 3.86. The number of fused-ring (bicyclic) bond motifs is 1. The van der Waals surface area contributed by atoms with Crippen LogP contribution in [0.25, 0.3) is 0 Å². The standard InChI is InChI=1S/C14H21NO4/c1-14(2,7-16)12-5-9-8(11(6-15)19-12)3-4-10(17)13(9)18/h3-4,11-12,16-18H,5-7,15H2,1-2H3. The smallest absolute Gasteiger partial charge is 0.161 e. The number of benzene rings is 1. The molecule has 5 nitrogen and oxygen atoms in total. The summed E-state index contributed by atoms with van der Waals surface area (Å²) in [7, 11) is 0. The molecule has 1 aromatic rings. The number of hydrogen-bond acceptors (Lipinski definition) is 5. The zero-order chi connectivity index (χ0) is 14.2. The number of aliphatic hydroxyl groups is 1. The number of aliphatic hydroxyl groups excluding tert-OH is 1. The van der Waals surface area contributed by atoms with Gasteiger partial charge >= 0.3 is 0 Å². The van der Waals surface area contributed by atoms with Crippen LogP contribution in [0.4, 0.5) is 0 Å². The highest BCUT2D eigenvalue weighted by atomic mass is 16.5. The van der Waals surface area contributed by atoms with Crippen LogP contribution in [0.5, 0.6) is 11.5 Å². The van der Waals surface area contributed by atoms with Crippen molar-refractivity contribution in [3.8, 4) is 11.5 Å².